The molecule has 6 nitrogen and oxygen atoms in total. The van der Waals surface area contributed by atoms with E-state index in [0.717, 1.165) is 22.5 Å². The fraction of sp³-hybridized carbons (Fsp3) is 0.222. The highest BCUT2D eigenvalue weighted by Crippen LogP contribution is 2.26. The molecule has 0 fully saturated rings. The second-order valence-electron chi connectivity index (χ2n) is 5.56. The van der Waals surface area contributed by atoms with E-state index < -0.39 is 0 Å². The highest BCUT2D eigenvalue weighted by molar-refractivity contribution is 5.74. The van der Waals surface area contributed by atoms with Gasteiger partial charge < -0.3 is 4.74 Å². The maximum Gasteiger partial charge on any atom is 0.311 e. The molecule has 0 aliphatic rings. The molecule has 0 saturated carbocycles. The van der Waals surface area contributed by atoms with Crippen molar-refractivity contribution in [3.05, 3.63) is 59.4 Å². The number of aryl methyl sites for hydroxylation is 2. The summed E-state index contributed by atoms with van der Waals surface area (Å²) < 4.78 is 6.59. The molecule has 6 heteroatoms. The molecule has 0 atom stereocenters. The van der Waals surface area contributed by atoms with E-state index in [1.165, 1.54) is 7.11 Å². The predicted octanol–water partition coefficient (Wildman–Crippen LogP) is 4.08. The van der Waals surface area contributed by atoms with Crippen molar-refractivity contribution in [2.24, 2.45) is 10.2 Å². The van der Waals surface area contributed by atoms with Crippen LogP contribution >= 0.6 is 0 Å². The van der Waals surface area contributed by atoms with Crippen molar-refractivity contribution < 1.29 is 9.53 Å². The van der Waals surface area contributed by atoms with Gasteiger partial charge in [0.15, 0.2) is 5.82 Å². The van der Waals surface area contributed by atoms with E-state index in [9.17, 15) is 4.79 Å². The van der Waals surface area contributed by atoms with Gasteiger partial charge in [-0.15, -0.1) is 10.2 Å². The Morgan fingerprint density at radius 2 is 1.92 bits per heavy atom. The SMILES string of the molecule is COC(=O)Cc1nc2c(C)cccn2c1N=Nc1ccc(C)cc1. The molecule has 2 heterocycles. The molecule has 0 aliphatic heterocycles. The summed E-state index contributed by atoms with van der Waals surface area (Å²) in [6, 6.07) is 11.6. The summed E-state index contributed by atoms with van der Waals surface area (Å²) in [5.41, 5.74) is 4.21. The first kappa shape index (κ1) is 15.9. The molecule has 0 saturated heterocycles. The topological polar surface area (TPSA) is 68.3 Å². The summed E-state index contributed by atoms with van der Waals surface area (Å²) >= 11 is 0. The van der Waals surface area contributed by atoms with Crippen molar-refractivity contribution in [1.29, 1.82) is 0 Å². The number of imidazole rings is 1. The number of carbonyl (C=O) groups excluding carboxylic acids is 1. The molecule has 0 unspecified atom stereocenters. The van der Waals surface area contributed by atoms with E-state index in [0.29, 0.717) is 11.5 Å². The standard InChI is InChI=1S/C18H18N4O2/c1-12-6-8-14(9-7-12)20-21-18-15(11-16(23)24-3)19-17-13(2)5-4-10-22(17)18/h4-10H,11H2,1-3H3. The van der Waals surface area contributed by atoms with E-state index >= 15 is 0 Å². The molecular formula is C18H18N4O2. The van der Waals surface area contributed by atoms with Crippen molar-refractivity contribution in [1.82, 2.24) is 9.38 Å². The Morgan fingerprint density at radius 3 is 2.62 bits per heavy atom. The van der Waals surface area contributed by atoms with Gasteiger partial charge in [0, 0.05) is 6.20 Å². The zero-order valence-corrected chi connectivity index (χ0v) is 13.9. The lowest BCUT2D eigenvalue weighted by Gasteiger charge is -2.00. The van der Waals surface area contributed by atoms with Gasteiger partial charge in [0.05, 0.1) is 24.9 Å². The van der Waals surface area contributed by atoms with Gasteiger partial charge in [-0.05, 0) is 37.6 Å². The average molecular weight is 322 g/mol. The van der Waals surface area contributed by atoms with E-state index in [1.807, 2.05) is 60.8 Å². The lowest BCUT2D eigenvalue weighted by Crippen LogP contribution is -2.04. The summed E-state index contributed by atoms with van der Waals surface area (Å²) in [5.74, 6) is 0.183. The first-order chi connectivity index (χ1) is 11.6. The van der Waals surface area contributed by atoms with Crippen molar-refractivity contribution >= 4 is 23.1 Å². The Labute approximate surface area is 139 Å². The zero-order chi connectivity index (χ0) is 17.1. The lowest BCUT2D eigenvalue weighted by molar-refractivity contribution is -0.139. The first-order valence-electron chi connectivity index (χ1n) is 7.60. The predicted molar refractivity (Wildman–Crippen MR) is 91.0 cm³/mol. The molecule has 24 heavy (non-hydrogen) atoms. The van der Waals surface area contributed by atoms with E-state index in [1.54, 1.807) is 0 Å². The fourth-order valence-electron chi connectivity index (χ4n) is 2.39. The summed E-state index contributed by atoms with van der Waals surface area (Å²) in [6.07, 6.45) is 1.92. The zero-order valence-electron chi connectivity index (χ0n) is 13.9. The molecule has 3 rings (SSSR count). The third kappa shape index (κ3) is 3.17. The number of benzene rings is 1. The Kier molecular flexibility index (Phi) is 4.37. The number of hydrogen-bond acceptors (Lipinski definition) is 5. The smallest absolute Gasteiger partial charge is 0.311 e. The third-order valence-electron chi connectivity index (χ3n) is 3.72. The summed E-state index contributed by atoms with van der Waals surface area (Å²) in [5, 5.41) is 8.62. The van der Waals surface area contributed by atoms with Gasteiger partial charge >= 0.3 is 5.97 Å². The van der Waals surface area contributed by atoms with Crippen LogP contribution in [0.2, 0.25) is 0 Å². The number of aromatic nitrogens is 2. The number of methoxy groups -OCH3 is 1. The largest absolute Gasteiger partial charge is 0.469 e. The van der Waals surface area contributed by atoms with Gasteiger partial charge in [-0.25, -0.2) is 4.98 Å². The molecule has 3 aromatic rings. The number of fused-ring (bicyclic) bond motifs is 1. The molecule has 1 aromatic carbocycles. The number of ether oxygens (including phenoxy) is 1. The molecule has 0 N–H and O–H groups in total. The van der Waals surface area contributed by atoms with Crippen molar-refractivity contribution in [3.63, 3.8) is 0 Å². The van der Waals surface area contributed by atoms with Gasteiger partial charge in [0.2, 0.25) is 0 Å². The number of nitrogens with zero attached hydrogens (tertiary/aromatic N) is 4. The minimum absolute atomic E-state index is 0.0554. The quantitative estimate of drug-likeness (QED) is 0.537. The number of carbonyl (C=O) groups is 1. The molecule has 0 spiro atoms. The number of pyridine rings is 1. The van der Waals surface area contributed by atoms with E-state index in [-0.39, 0.29) is 12.4 Å². The lowest BCUT2D eigenvalue weighted by atomic mass is 10.2. The van der Waals surface area contributed by atoms with Gasteiger partial charge in [-0.3, -0.25) is 9.20 Å². The maximum atomic E-state index is 11.7. The molecule has 122 valence electrons. The second kappa shape index (κ2) is 6.62. The molecule has 0 aliphatic carbocycles. The molecule has 2 aromatic heterocycles. The van der Waals surface area contributed by atoms with E-state index in [4.69, 9.17) is 4.74 Å². The number of esters is 1. The Balaban J connectivity index is 2.06. The van der Waals surface area contributed by atoms with E-state index in [2.05, 4.69) is 15.2 Å². The van der Waals surface area contributed by atoms with Crippen molar-refractivity contribution in [3.8, 4) is 0 Å². The van der Waals surface area contributed by atoms with Crippen LogP contribution in [0.3, 0.4) is 0 Å². The van der Waals surface area contributed by atoms with Crippen LogP contribution in [0.5, 0.6) is 0 Å². The van der Waals surface area contributed by atoms with Crippen LogP contribution in [0.15, 0.2) is 52.8 Å². The van der Waals surface area contributed by atoms with Crippen molar-refractivity contribution in [2.75, 3.05) is 7.11 Å². The fourth-order valence-corrected chi connectivity index (χ4v) is 2.39. The molecule has 0 bridgehead atoms. The normalized spacial score (nSPS) is 11.3. The second-order valence-corrected chi connectivity index (χ2v) is 5.56. The highest BCUT2D eigenvalue weighted by atomic mass is 16.5. The van der Waals surface area contributed by atoms with Gasteiger partial charge in [-0.1, -0.05) is 23.8 Å². The van der Waals surface area contributed by atoms with Crippen LogP contribution in [0.25, 0.3) is 5.65 Å². The van der Waals surface area contributed by atoms with Crippen LogP contribution in [0.4, 0.5) is 11.5 Å². The Morgan fingerprint density at radius 1 is 1.17 bits per heavy atom. The van der Waals surface area contributed by atoms with Crippen LogP contribution in [0, 0.1) is 13.8 Å². The number of azo groups is 1. The number of rotatable bonds is 4. The average Bonchev–Trinajstić information content (AvgIpc) is 2.93. The molecule has 0 radical (unpaired) electrons. The first-order valence-corrected chi connectivity index (χ1v) is 7.60. The minimum Gasteiger partial charge on any atom is -0.469 e. The number of hydrogen-bond donors (Lipinski definition) is 0. The summed E-state index contributed by atoms with van der Waals surface area (Å²) in [4.78, 5) is 16.2. The summed E-state index contributed by atoms with van der Waals surface area (Å²) in [6.45, 7) is 3.98. The van der Waals surface area contributed by atoms with Crippen molar-refractivity contribution in [2.45, 2.75) is 20.3 Å². The highest BCUT2D eigenvalue weighted by Gasteiger charge is 2.16. The summed E-state index contributed by atoms with van der Waals surface area (Å²) in [7, 11) is 1.36. The van der Waals surface area contributed by atoms with Crippen LogP contribution in [0.1, 0.15) is 16.8 Å². The third-order valence-corrected chi connectivity index (χ3v) is 3.72. The monoisotopic (exact) mass is 322 g/mol. The van der Waals surface area contributed by atoms with Crippen LogP contribution in [-0.4, -0.2) is 22.5 Å². The molecular weight excluding hydrogens is 304 g/mol. The van der Waals surface area contributed by atoms with Crippen LogP contribution < -0.4 is 0 Å². The minimum atomic E-state index is -0.358. The van der Waals surface area contributed by atoms with Gasteiger partial charge in [0.25, 0.3) is 0 Å². The molecule has 0 amide bonds. The Bertz CT molecular complexity index is 911. The Hall–Kier alpha value is -3.02. The van der Waals surface area contributed by atoms with Crippen LogP contribution in [-0.2, 0) is 16.0 Å². The van der Waals surface area contributed by atoms with Gasteiger partial charge in [0.1, 0.15) is 5.65 Å². The maximum absolute atomic E-state index is 11.7. The van der Waals surface area contributed by atoms with Gasteiger partial charge in [-0.2, -0.15) is 0 Å².